The standard InChI is InChI=1S/C22H19ClF3N3O3/c1-4-7-28-20(30)12-32-21(31)16(11-27)9-15-8-13(2)29(14(15)3)17-5-6-19(23)18(10-17)22(24,25)26/h4-6,8-10H,1,7,12H2,2-3H3,(H,28,30)/b16-9+. The van der Waals surface area contributed by atoms with Gasteiger partial charge >= 0.3 is 12.1 Å². The summed E-state index contributed by atoms with van der Waals surface area (Å²) in [7, 11) is 0. The Balaban J connectivity index is 2.35. The third kappa shape index (κ3) is 5.80. The summed E-state index contributed by atoms with van der Waals surface area (Å²) in [5, 5.41) is 11.3. The minimum absolute atomic E-state index is 0.198. The van der Waals surface area contributed by atoms with Crippen LogP contribution in [0.15, 0.2) is 42.5 Å². The number of aromatic nitrogens is 1. The normalized spacial score (nSPS) is 11.6. The molecule has 0 atom stereocenters. The Morgan fingerprint density at radius 1 is 1.31 bits per heavy atom. The summed E-state index contributed by atoms with van der Waals surface area (Å²) >= 11 is 5.70. The molecule has 0 aliphatic carbocycles. The molecule has 1 N–H and O–H groups in total. The van der Waals surface area contributed by atoms with Gasteiger partial charge in [-0.2, -0.15) is 18.4 Å². The van der Waals surface area contributed by atoms with E-state index in [1.807, 2.05) is 0 Å². The molecular formula is C22H19ClF3N3O3. The van der Waals surface area contributed by atoms with Gasteiger partial charge in [-0.15, -0.1) is 6.58 Å². The van der Waals surface area contributed by atoms with Crippen LogP contribution in [0.2, 0.25) is 5.02 Å². The molecule has 10 heteroatoms. The minimum Gasteiger partial charge on any atom is -0.451 e. The molecule has 2 aromatic rings. The number of amides is 1. The Morgan fingerprint density at radius 3 is 2.59 bits per heavy atom. The van der Waals surface area contributed by atoms with E-state index in [9.17, 15) is 28.0 Å². The highest BCUT2D eigenvalue weighted by atomic mass is 35.5. The topological polar surface area (TPSA) is 84.1 Å². The van der Waals surface area contributed by atoms with Crippen molar-refractivity contribution in [1.82, 2.24) is 9.88 Å². The number of carbonyl (C=O) groups excluding carboxylic acids is 2. The second-order valence-electron chi connectivity index (χ2n) is 6.66. The van der Waals surface area contributed by atoms with Gasteiger partial charge in [-0.3, -0.25) is 4.79 Å². The Morgan fingerprint density at radius 2 is 2.00 bits per heavy atom. The van der Waals surface area contributed by atoms with E-state index in [0.29, 0.717) is 17.0 Å². The first-order chi connectivity index (χ1) is 15.0. The van der Waals surface area contributed by atoms with E-state index in [2.05, 4.69) is 11.9 Å². The number of hydrogen-bond acceptors (Lipinski definition) is 4. The summed E-state index contributed by atoms with van der Waals surface area (Å²) in [6.45, 7) is 6.36. The van der Waals surface area contributed by atoms with Crippen LogP contribution in [0.5, 0.6) is 0 Å². The molecule has 0 saturated heterocycles. The zero-order chi connectivity index (χ0) is 24.1. The zero-order valence-electron chi connectivity index (χ0n) is 17.2. The summed E-state index contributed by atoms with van der Waals surface area (Å²) < 4.78 is 46.1. The van der Waals surface area contributed by atoms with Gasteiger partial charge < -0.3 is 14.6 Å². The molecule has 0 unspecified atom stereocenters. The van der Waals surface area contributed by atoms with E-state index in [0.717, 1.165) is 12.1 Å². The fraction of sp³-hybridized carbons (Fsp3) is 0.227. The number of nitrogens with zero attached hydrogens (tertiary/aromatic N) is 2. The van der Waals surface area contributed by atoms with E-state index in [4.69, 9.17) is 16.3 Å². The predicted octanol–water partition coefficient (Wildman–Crippen LogP) is 4.52. The second kappa shape index (κ2) is 10.2. The van der Waals surface area contributed by atoms with Crippen LogP contribution in [0.25, 0.3) is 11.8 Å². The lowest BCUT2D eigenvalue weighted by atomic mass is 10.1. The average Bonchev–Trinajstić information content (AvgIpc) is 3.01. The van der Waals surface area contributed by atoms with Crippen molar-refractivity contribution >= 4 is 29.6 Å². The second-order valence-corrected chi connectivity index (χ2v) is 7.07. The van der Waals surface area contributed by atoms with Gasteiger partial charge in [-0.25, -0.2) is 4.79 Å². The maximum atomic E-state index is 13.2. The molecule has 0 aliphatic rings. The molecule has 1 amide bonds. The summed E-state index contributed by atoms with van der Waals surface area (Å²) in [4.78, 5) is 23.7. The van der Waals surface area contributed by atoms with E-state index in [-0.39, 0.29) is 17.8 Å². The third-order valence-electron chi connectivity index (χ3n) is 4.40. The van der Waals surface area contributed by atoms with Crippen LogP contribution in [0.3, 0.4) is 0 Å². The number of halogens is 4. The van der Waals surface area contributed by atoms with E-state index in [1.165, 1.54) is 18.2 Å². The first-order valence-corrected chi connectivity index (χ1v) is 9.60. The van der Waals surface area contributed by atoms with Gasteiger partial charge in [0.2, 0.25) is 0 Å². The number of aryl methyl sites for hydroxylation is 1. The molecule has 0 radical (unpaired) electrons. The number of hydrogen-bond donors (Lipinski definition) is 1. The van der Waals surface area contributed by atoms with Gasteiger partial charge in [0.15, 0.2) is 6.61 Å². The molecule has 1 aromatic heterocycles. The highest BCUT2D eigenvalue weighted by Crippen LogP contribution is 2.36. The number of ether oxygens (including phenoxy) is 1. The van der Waals surface area contributed by atoms with Crippen LogP contribution >= 0.6 is 11.6 Å². The summed E-state index contributed by atoms with van der Waals surface area (Å²) in [6, 6.07) is 6.84. The van der Waals surface area contributed by atoms with Gasteiger partial charge in [0, 0.05) is 23.6 Å². The maximum Gasteiger partial charge on any atom is 0.417 e. The zero-order valence-corrected chi connectivity index (χ0v) is 18.0. The van der Waals surface area contributed by atoms with Gasteiger partial charge in [0.05, 0.1) is 10.6 Å². The molecule has 0 fully saturated rings. The van der Waals surface area contributed by atoms with Gasteiger partial charge in [0.25, 0.3) is 5.91 Å². The Kier molecular flexibility index (Phi) is 7.89. The number of benzene rings is 1. The molecule has 0 bridgehead atoms. The summed E-state index contributed by atoms with van der Waals surface area (Å²) in [5.74, 6) is -1.56. The van der Waals surface area contributed by atoms with Crippen molar-refractivity contribution in [2.24, 2.45) is 0 Å². The molecule has 0 saturated carbocycles. The number of carbonyl (C=O) groups is 2. The third-order valence-corrected chi connectivity index (χ3v) is 4.73. The van der Waals surface area contributed by atoms with E-state index in [1.54, 1.807) is 30.6 Å². The Hall–Kier alpha value is -3.51. The largest absolute Gasteiger partial charge is 0.451 e. The van der Waals surface area contributed by atoms with Crippen molar-refractivity contribution in [1.29, 1.82) is 5.26 Å². The van der Waals surface area contributed by atoms with Gasteiger partial charge in [-0.1, -0.05) is 17.7 Å². The molecule has 0 aliphatic heterocycles. The van der Waals surface area contributed by atoms with Crippen molar-refractivity contribution in [2.45, 2.75) is 20.0 Å². The van der Waals surface area contributed by atoms with Crippen LogP contribution < -0.4 is 5.32 Å². The number of rotatable bonds is 7. The molecule has 0 spiro atoms. The first-order valence-electron chi connectivity index (χ1n) is 9.22. The number of nitrogens with one attached hydrogen (secondary N) is 1. The minimum atomic E-state index is -4.62. The predicted molar refractivity (Wildman–Crippen MR) is 113 cm³/mol. The lowest BCUT2D eigenvalue weighted by molar-refractivity contribution is -0.144. The van der Waals surface area contributed by atoms with Crippen molar-refractivity contribution in [3.05, 3.63) is 70.0 Å². The van der Waals surface area contributed by atoms with Gasteiger partial charge in [-0.05, 0) is 49.8 Å². The van der Waals surface area contributed by atoms with Crippen molar-refractivity contribution < 1.29 is 27.5 Å². The Labute approximate surface area is 187 Å². The highest BCUT2D eigenvalue weighted by Gasteiger charge is 2.33. The van der Waals surface area contributed by atoms with Crippen molar-refractivity contribution in [3.63, 3.8) is 0 Å². The van der Waals surface area contributed by atoms with Crippen molar-refractivity contribution in [3.8, 4) is 11.8 Å². The molecule has 32 heavy (non-hydrogen) atoms. The lowest BCUT2D eigenvalue weighted by Crippen LogP contribution is -2.28. The fourth-order valence-corrected chi connectivity index (χ4v) is 3.16. The molecule has 2 rings (SSSR count). The summed E-state index contributed by atoms with van der Waals surface area (Å²) in [6.07, 6.45) is -1.92. The molecule has 168 valence electrons. The fourth-order valence-electron chi connectivity index (χ4n) is 2.94. The maximum absolute atomic E-state index is 13.2. The van der Waals surface area contributed by atoms with E-state index < -0.39 is 35.2 Å². The van der Waals surface area contributed by atoms with Crippen LogP contribution in [-0.4, -0.2) is 29.6 Å². The number of nitriles is 1. The summed E-state index contributed by atoms with van der Waals surface area (Å²) in [5.41, 5.74) is 0.360. The average molecular weight is 466 g/mol. The molecular weight excluding hydrogens is 447 g/mol. The molecule has 1 heterocycles. The van der Waals surface area contributed by atoms with Crippen LogP contribution in [0.4, 0.5) is 13.2 Å². The molecule has 1 aromatic carbocycles. The monoisotopic (exact) mass is 465 g/mol. The number of alkyl halides is 3. The number of esters is 1. The van der Waals surface area contributed by atoms with Crippen LogP contribution in [-0.2, 0) is 20.5 Å². The quantitative estimate of drug-likeness (QED) is 0.282. The van der Waals surface area contributed by atoms with Crippen molar-refractivity contribution in [2.75, 3.05) is 13.2 Å². The van der Waals surface area contributed by atoms with Crippen LogP contribution in [0, 0.1) is 25.2 Å². The lowest BCUT2D eigenvalue weighted by Gasteiger charge is -2.14. The molecule has 6 nitrogen and oxygen atoms in total. The first kappa shape index (κ1) is 24.8. The van der Waals surface area contributed by atoms with Gasteiger partial charge in [0.1, 0.15) is 11.6 Å². The SMILES string of the molecule is C=CCNC(=O)COC(=O)/C(C#N)=C/c1cc(C)n(-c2ccc(Cl)c(C(F)(F)F)c2)c1C. The van der Waals surface area contributed by atoms with E-state index >= 15 is 0 Å². The van der Waals surface area contributed by atoms with Crippen LogP contribution in [0.1, 0.15) is 22.5 Å². The Bertz CT molecular complexity index is 1130. The highest BCUT2D eigenvalue weighted by molar-refractivity contribution is 6.31. The smallest absolute Gasteiger partial charge is 0.417 e.